The Morgan fingerprint density at radius 2 is 1.27 bits per heavy atom. The molecule has 0 saturated carbocycles. The molecule has 0 radical (unpaired) electrons. The van der Waals surface area contributed by atoms with E-state index in [1.54, 1.807) is 12.1 Å². The van der Waals surface area contributed by atoms with E-state index >= 15 is 0 Å². The Balaban J connectivity index is 1.31. The van der Waals surface area contributed by atoms with E-state index in [2.05, 4.69) is 24.3 Å². The minimum absolute atomic E-state index is 0.0161. The smallest absolute Gasteiger partial charge is 0.329 e. The predicted octanol–water partition coefficient (Wildman–Crippen LogP) is 5.34. The number of hydrogen-bond acceptors (Lipinski definition) is 5. The molecule has 1 aliphatic heterocycles. The number of nitrogens with zero attached hydrogens (tertiary/aromatic N) is 1. The van der Waals surface area contributed by atoms with Gasteiger partial charge in [-0.2, -0.15) is 0 Å². The third-order valence-corrected chi connectivity index (χ3v) is 8.94. The van der Waals surface area contributed by atoms with E-state index in [1.807, 2.05) is 58.0 Å². The van der Waals surface area contributed by atoms with Crippen LogP contribution in [-0.2, 0) is 19.1 Å². The van der Waals surface area contributed by atoms with Crippen LogP contribution in [0.25, 0.3) is 0 Å². The van der Waals surface area contributed by atoms with E-state index in [4.69, 9.17) is 4.74 Å². The quantitative estimate of drug-likeness (QED) is 0.232. The summed E-state index contributed by atoms with van der Waals surface area (Å²) in [7, 11) is 0. The van der Waals surface area contributed by atoms with Crippen molar-refractivity contribution in [3.05, 3.63) is 106 Å². The first-order valence-electron chi connectivity index (χ1n) is 14.0. The first-order chi connectivity index (χ1) is 19.2. The number of ketones is 1. The molecule has 0 N–H and O–H groups in total. The Kier molecular flexibility index (Phi) is 6.44. The highest BCUT2D eigenvalue weighted by Crippen LogP contribution is 2.61. The van der Waals surface area contributed by atoms with Crippen molar-refractivity contribution in [3.8, 4) is 0 Å². The molecule has 4 aliphatic rings. The lowest BCUT2D eigenvalue weighted by Gasteiger charge is -2.45. The molecule has 1 fully saturated rings. The molecule has 3 aliphatic carbocycles. The second-order valence-corrected chi connectivity index (χ2v) is 11.8. The minimum Gasteiger partial charge on any atom is -0.456 e. The van der Waals surface area contributed by atoms with Gasteiger partial charge in [0.05, 0.1) is 11.8 Å². The zero-order valence-corrected chi connectivity index (χ0v) is 23.2. The summed E-state index contributed by atoms with van der Waals surface area (Å²) in [6.07, 6.45) is 0.267. The molecule has 204 valence electrons. The molecule has 1 heterocycles. The number of imide groups is 1. The van der Waals surface area contributed by atoms with Gasteiger partial charge in [0.1, 0.15) is 6.04 Å². The van der Waals surface area contributed by atoms with Crippen LogP contribution >= 0.6 is 0 Å². The molecule has 3 aromatic rings. The van der Waals surface area contributed by atoms with Crippen LogP contribution < -0.4 is 0 Å². The van der Waals surface area contributed by atoms with Crippen molar-refractivity contribution in [2.75, 3.05) is 6.61 Å². The van der Waals surface area contributed by atoms with Crippen molar-refractivity contribution in [1.29, 1.82) is 0 Å². The van der Waals surface area contributed by atoms with Crippen LogP contribution in [0.2, 0.25) is 0 Å². The Morgan fingerprint density at radius 1 is 0.775 bits per heavy atom. The summed E-state index contributed by atoms with van der Waals surface area (Å²) in [5.74, 6) is -3.29. The third-order valence-electron chi connectivity index (χ3n) is 8.94. The van der Waals surface area contributed by atoms with Gasteiger partial charge < -0.3 is 4.74 Å². The van der Waals surface area contributed by atoms with E-state index in [-0.39, 0.29) is 41.8 Å². The van der Waals surface area contributed by atoms with Crippen LogP contribution in [0.15, 0.2) is 66.7 Å². The highest BCUT2D eigenvalue weighted by molar-refractivity contribution is 6.10. The van der Waals surface area contributed by atoms with E-state index in [1.165, 1.54) is 4.90 Å². The number of hydrogen-bond donors (Lipinski definition) is 0. The van der Waals surface area contributed by atoms with E-state index in [0.717, 1.165) is 33.4 Å². The van der Waals surface area contributed by atoms with E-state index in [0.29, 0.717) is 5.56 Å². The fourth-order valence-corrected chi connectivity index (χ4v) is 6.99. The Hall–Kier alpha value is -4.06. The lowest BCUT2D eigenvalue weighted by molar-refractivity contribution is -0.158. The van der Waals surface area contributed by atoms with E-state index in [9.17, 15) is 19.2 Å². The van der Waals surface area contributed by atoms with E-state index < -0.39 is 30.5 Å². The van der Waals surface area contributed by atoms with Gasteiger partial charge in [-0.15, -0.1) is 0 Å². The molecule has 40 heavy (non-hydrogen) atoms. The Bertz CT molecular complexity index is 1440. The van der Waals surface area contributed by atoms with Crippen molar-refractivity contribution in [1.82, 2.24) is 4.90 Å². The molecule has 1 saturated heterocycles. The van der Waals surface area contributed by atoms with Crippen LogP contribution in [0.1, 0.15) is 75.8 Å². The van der Waals surface area contributed by atoms with Crippen molar-refractivity contribution in [2.24, 2.45) is 17.8 Å². The zero-order valence-electron chi connectivity index (χ0n) is 23.2. The first-order valence-corrected chi connectivity index (χ1v) is 14.0. The number of ether oxygens (including phenoxy) is 1. The molecular weight excluding hydrogens is 502 g/mol. The van der Waals surface area contributed by atoms with Crippen molar-refractivity contribution < 1.29 is 23.9 Å². The zero-order chi connectivity index (χ0) is 28.3. The van der Waals surface area contributed by atoms with Crippen molar-refractivity contribution in [2.45, 2.75) is 52.0 Å². The molecule has 2 amide bonds. The topological polar surface area (TPSA) is 80.8 Å². The van der Waals surface area contributed by atoms with Gasteiger partial charge in [0.2, 0.25) is 11.8 Å². The molecular formula is C34H33NO5. The van der Waals surface area contributed by atoms with Gasteiger partial charge >= 0.3 is 5.97 Å². The van der Waals surface area contributed by atoms with Gasteiger partial charge in [0.15, 0.2) is 12.4 Å². The molecule has 0 aromatic heterocycles. The average molecular weight is 536 g/mol. The number of Topliss-reactive ketones (excluding diaryl/α,β-unsaturated/α-hetero) is 1. The lowest BCUT2D eigenvalue weighted by atomic mass is 9.55. The number of amides is 2. The molecule has 3 aromatic carbocycles. The summed E-state index contributed by atoms with van der Waals surface area (Å²) >= 11 is 0. The van der Waals surface area contributed by atoms with Crippen LogP contribution in [0, 0.1) is 31.6 Å². The highest BCUT2D eigenvalue weighted by Gasteiger charge is 2.63. The predicted molar refractivity (Wildman–Crippen MR) is 150 cm³/mol. The Morgan fingerprint density at radius 3 is 1.73 bits per heavy atom. The van der Waals surface area contributed by atoms with Gasteiger partial charge in [-0.1, -0.05) is 74.5 Å². The normalized spacial score (nSPS) is 23.1. The van der Waals surface area contributed by atoms with Crippen molar-refractivity contribution >= 4 is 23.6 Å². The fraction of sp³-hybridized carbons (Fsp3) is 0.353. The van der Waals surface area contributed by atoms with Gasteiger partial charge in [0, 0.05) is 17.4 Å². The number of likely N-dealkylation sites (tertiary alicyclic amines) is 1. The highest BCUT2D eigenvalue weighted by atomic mass is 16.5. The molecule has 7 rings (SSSR count). The standard InChI is InChI=1S/C34H33NO5/c1-18(2)15-26(34(39)40-17-27(36)21-14-13-19(3)20(4)16-21)35-32(37)30-28-22-9-5-6-10-23(22)29(31(30)33(35)38)25-12-8-7-11-24(25)28/h5-14,16,18,26,28-31H,15,17H2,1-4H3/t26-,28?,29?,30-,31+/m0/s1. The van der Waals surface area contributed by atoms with Crippen molar-refractivity contribution in [3.63, 3.8) is 0 Å². The summed E-state index contributed by atoms with van der Waals surface area (Å²) in [5.41, 5.74) is 6.83. The molecule has 3 atom stereocenters. The van der Waals surface area contributed by atoms with Crippen LogP contribution in [0.4, 0.5) is 0 Å². The summed E-state index contributed by atoms with van der Waals surface area (Å²) in [4.78, 5) is 55.8. The summed E-state index contributed by atoms with van der Waals surface area (Å²) in [6.45, 7) is 7.32. The van der Waals surface area contributed by atoms with Crippen LogP contribution in [0.5, 0.6) is 0 Å². The van der Waals surface area contributed by atoms with Crippen LogP contribution in [0.3, 0.4) is 0 Å². The number of aryl methyl sites for hydroxylation is 2. The molecule has 2 bridgehead atoms. The average Bonchev–Trinajstić information content (AvgIpc) is 3.21. The van der Waals surface area contributed by atoms with Gasteiger partial charge in [-0.25, -0.2) is 4.79 Å². The molecule has 0 spiro atoms. The van der Waals surface area contributed by atoms with Gasteiger partial charge in [0.25, 0.3) is 0 Å². The van der Waals surface area contributed by atoms with Crippen LogP contribution in [-0.4, -0.2) is 41.1 Å². The Labute approximate surface area is 234 Å². The number of carbonyl (C=O) groups is 4. The largest absolute Gasteiger partial charge is 0.456 e. The summed E-state index contributed by atoms with van der Waals surface area (Å²) in [6, 6.07) is 20.4. The number of esters is 1. The third kappa shape index (κ3) is 4.00. The monoisotopic (exact) mass is 535 g/mol. The molecule has 0 unspecified atom stereocenters. The SMILES string of the molecule is Cc1ccc(C(=O)COC(=O)[C@H](CC(C)C)N2C(=O)[C@@H]3C4c5ccccc5C(c5ccccc54)[C@@H]3C2=O)cc1C. The number of rotatable bonds is 7. The number of carbonyl (C=O) groups excluding carboxylic acids is 4. The molecule has 6 heteroatoms. The van der Waals surface area contributed by atoms with Gasteiger partial charge in [-0.3, -0.25) is 19.3 Å². The second kappa shape index (κ2) is 9.84. The minimum atomic E-state index is -1.08. The maximum absolute atomic E-state index is 14.1. The molecule has 6 nitrogen and oxygen atoms in total. The lowest BCUT2D eigenvalue weighted by Crippen LogP contribution is -2.47. The second-order valence-electron chi connectivity index (χ2n) is 11.8. The summed E-state index contributed by atoms with van der Waals surface area (Å²) < 4.78 is 5.51. The van der Waals surface area contributed by atoms with Gasteiger partial charge in [-0.05, 0) is 65.6 Å². The maximum Gasteiger partial charge on any atom is 0.329 e. The maximum atomic E-state index is 14.1. The first kappa shape index (κ1) is 26.2. The fourth-order valence-electron chi connectivity index (χ4n) is 6.99. The number of benzene rings is 3. The summed E-state index contributed by atoms with van der Waals surface area (Å²) in [5, 5.41) is 0.